The van der Waals surface area contributed by atoms with Crippen LogP contribution in [0.5, 0.6) is 0 Å². The van der Waals surface area contributed by atoms with Gasteiger partial charge in [-0.25, -0.2) is 0 Å². The second kappa shape index (κ2) is 6.01. The highest BCUT2D eigenvalue weighted by atomic mass is 79.9. The monoisotopic (exact) mass is 377 g/mol. The Morgan fingerprint density at radius 1 is 1.19 bits per heavy atom. The summed E-state index contributed by atoms with van der Waals surface area (Å²) >= 11 is 4.87. The van der Waals surface area contributed by atoms with E-state index in [0.717, 1.165) is 12.1 Å². The molecule has 1 aromatic heterocycles. The number of thiophene rings is 1. The highest BCUT2D eigenvalue weighted by Gasteiger charge is 2.31. The quantitative estimate of drug-likeness (QED) is 0.697. The average Bonchev–Trinajstić information content (AvgIpc) is 2.90. The predicted octanol–water partition coefficient (Wildman–Crippen LogP) is 5.92. The van der Waals surface area contributed by atoms with Crippen LogP contribution in [0.4, 0.5) is 18.9 Å². The van der Waals surface area contributed by atoms with Crippen LogP contribution in [0.15, 0.2) is 40.2 Å². The third-order valence-corrected chi connectivity index (χ3v) is 5.10. The Hall–Kier alpha value is -1.01. The molecule has 0 bridgehead atoms. The van der Waals surface area contributed by atoms with Gasteiger partial charge in [-0.05, 0) is 45.6 Å². The first-order chi connectivity index (χ1) is 9.70. The molecule has 0 unspecified atom stereocenters. The lowest BCUT2D eigenvalue weighted by atomic mass is 9.91. The number of benzene rings is 1. The Bertz CT molecular complexity index is 606. The molecule has 21 heavy (non-hydrogen) atoms. The van der Waals surface area contributed by atoms with Crippen molar-refractivity contribution >= 4 is 33.0 Å². The summed E-state index contributed by atoms with van der Waals surface area (Å²) in [6.07, 6.45) is -4.32. The van der Waals surface area contributed by atoms with Gasteiger partial charge in [0.25, 0.3) is 0 Å². The third kappa shape index (κ3) is 4.01. The molecule has 2 aromatic rings. The van der Waals surface area contributed by atoms with Crippen molar-refractivity contribution < 1.29 is 13.2 Å². The second-order valence-electron chi connectivity index (χ2n) is 5.41. The lowest BCUT2D eigenvalue weighted by Crippen LogP contribution is -2.26. The van der Waals surface area contributed by atoms with Crippen molar-refractivity contribution in [3.8, 4) is 0 Å². The summed E-state index contributed by atoms with van der Waals surface area (Å²) in [5.74, 6) is 0. The predicted molar refractivity (Wildman–Crippen MR) is 85.0 cm³/mol. The molecule has 1 nitrogen and oxygen atoms in total. The highest BCUT2D eigenvalue weighted by Crippen LogP contribution is 2.35. The molecule has 1 heterocycles. The fourth-order valence-corrected chi connectivity index (χ4v) is 3.27. The SMILES string of the molecule is CC(C)(CNc1ccc(C(F)(F)F)cc1Br)c1cccs1. The van der Waals surface area contributed by atoms with Crippen LogP contribution in [-0.2, 0) is 11.6 Å². The van der Waals surface area contributed by atoms with Gasteiger partial charge in [0.15, 0.2) is 0 Å². The van der Waals surface area contributed by atoms with Gasteiger partial charge in [-0.2, -0.15) is 13.2 Å². The zero-order valence-electron chi connectivity index (χ0n) is 11.6. The number of halogens is 4. The van der Waals surface area contributed by atoms with E-state index in [4.69, 9.17) is 0 Å². The molecule has 0 aliphatic carbocycles. The first-order valence-corrected chi connectivity index (χ1v) is 8.02. The molecular formula is C15H15BrF3NS. The van der Waals surface area contributed by atoms with Crippen LogP contribution in [0.2, 0.25) is 0 Å². The van der Waals surface area contributed by atoms with Crippen LogP contribution in [-0.4, -0.2) is 6.54 Å². The summed E-state index contributed by atoms with van der Waals surface area (Å²) in [5, 5.41) is 5.23. The van der Waals surface area contributed by atoms with Crippen LogP contribution in [0.3, 0.4) is 0 Å². The van der Waals surface area contributed by atoms with Gasteiger partial charge in [-0.15, -0.1) is 11.3 Å². The van der Waals surface area contributed by atoms with Crippen LogP contribution in [0.1, 0.15) is 24.3 Å². The third-order valence-electron chi connectivity index (χ3n) is 3.21. The molecule has 2 rings (SSSR count). The summed E-state index contributed by atoms with van der Waals surface area (Å²) in [6, 6.07) is 7.70. The molecule has 0 saturated heterocycles. The molecule has 0 saturated carbocycles. The summed E-state index contributed by atoms with van der Waals surface area (Å²) in [5.41, 5.74) is -0.0823. The molecule has 114 valence electrons. The Labute approximate surface area is 134 Å². The number of rotatable bonds is 4. The van der Waals surface area contributed by atoms with E-state index in [1.165, 1.54) is 10.9 Å². The lowest BCUT2D eigenvalue weighted by Gasteiger charge is -2.25. The fourth-order valence-electron chi connectivity index (χ4n) is 1.90. The fraction of sp³-hybridized carbons (Fsp3) is 0.333. The number of alkyl halides is 3. The summed E-state index contributed by atoms with van der Waals surface area (Å²) < 4.78 is 38.3. The first-order valence-electron chi connectivity index (χ1n) is 6.35. The van der Waals surface area contributed by atoms with Crippen LogP contribution in [0, 0.1) is 0 Å². The summed E-state index contributed by atoms with van der Waals surface area (Å²) in [7, 11) is 0. The van der Waals surface area contributed by atoms with Gasteiger partial charge in [0.2, 0.25) is 0 Å². The molecule has 1 aromatic carbocycles. The Morgan fingerprint density at radius 3 is 2.43 bits per heavy atom. The number of anilines is 1. The van der Waals surface area contributed by atoms with Crippen molar-refractivity contribution in [2.75, 3.05) is 11.9 Å². The van der Waals surface area contributed by atoms with E-state index in [-0.39, 0.29) is 5.41 Å². The number of hydrogen-bond donors (Lipinski definition) is 1. The van der Waals surface area contributed by atoms with Gasteiger partial charge in [-0.1, -0.05) is 19.9 Å². The maximum atomic E-state index is 12.6. The van der Waals surface area contributed by atoms with Crippen molar-refractivity contribution in [1.29, 1.82) is 0 Å². The van der Waals surface area contributed by atoms with E-state index in [1.54, 1.807) is 11.3 Å². The van der Waals surface area contributed by atoms with E-state index < -0.39 is 11.7 Å². The average molecular weight is 378 g/mol. The minimum absolute atomic E-state index is 0.0870. The molecular weight excluding hydrogens is 363 g/mol. The molecule has 0 spiro atoms. The zero-order valence-corrected chi connectivity index (χ0v) is 14.0. The van der Waals surface area contributed by atoms with Gasteiger partial charge in [0, 0.05) is 27.0 Å². The van der Waals surface area contributed by atoms with Gasteiger partial charge in [0.1, 0.15) is 0 Å². The number of hydrogen-bond acceptors (Lipinski definition) is 2. The van der Waals surface area contributed by atoms with Crippen LogP contribution >= 0.6 is 27.3 Å². The van der Waals surface area contributed by atoms with Crippen molar-refractivity contribution in [2.45, 2.75) is 25.4 Å². The van der Waals surface area contributed by atoms with Crippen molar-refractivity contribution in [1.82, 2.24) is 0 Å². The van der Waals surface area contributed by atoms with Crippen LogP contribution < -0.4 is 5.32 Å². The molecule has 0 fully saturated rings. The lowest BCUT2D eigenvalue weighted by molar-refractivity contribution is -0.137. The molecule has 6 heteroatoms. The highest BCUT2D eigenvalue weighted by molar-refractivity contribution is 9.10. The van der Waals surface area contributed by atoms with Gasteiger partial charge < -0.3 is 5.32 Å². The normalized spacial score (nSPS) is 12.5. The standard InChI is InChI=1S/C15H15BrF3NS/c1-14(2,13-4-3-7-21-13)9-20-12-6-5-10(8-11(12)16)15(17,18)19/h3-8,20H,9H2,1-2H3. The molecule has 0 aliphatic rings. The second-order valence-corrected chi connectivity index (χ2v) is 7.21. The van der Waals surface area contributed by atoms with Crippen molar-refractivity contribution in [3.63, 3.8) is 0 Å². The van der Waals surface area contributed by atoms with E-state index in [1.807, 2.05) is 11.4 Å². The molecule has 0 amide bonds. The maximum Gasteiger partial charge on any atom is 0.416 e. The first kappa shape index (κ1) is 16.4. The topological polar surface area (TPSA) is 12.0 Å². The van der Waals surface area contributed by atoms with Crippen molar-refractivity contribution in [3.05, 3.63) is 50.6 Å². The minimum Gasteiger partial charge on any atom is -0.383 e. The van der Waals surface area contributed by atoms with Crippen molar-refractivity contribution in [2.24, 2.45) is 0 Å². The van der Waals surface area contributed by atoms with Gasteiger partial charge in [-0.3, -0.25) is 0 Å². The minimum atomic E-state index is -4.32. The van der Waals surface area contributed by atoms with E-state index in [9.17, 15) is 13.2 Å². The largest absolute Gasteiger partial charge is 0.416 e. The zero-order chi connectivity index (χ0) is 15.7. The van der Waals surface area contributed by atoms with E-state index in [2.05, 4.69) is 41.2 Å². The molecule has 0 radical (unpaired) electrons. The Kier molecular flexibility index (Phi) is 4.68. The van der Waals surface area contributed by atoms with Gasteiger partial charge >= 0.3 is 6.18 Å². The van der Waals surface area contributed by atoms with Gasteiger partial charge in [0.05, 0.1) is 5.56 Å². The Morgan fingerprint density at radius 2 is 1.90 bits per heavy atom. The van der Waals surface area contributed by atoms with E-state index >= 15 is 0 Å². The number of nitrogens with one attached hydrogen (secondary N) is 1. The Balaban J connectivity index is 2.11. The summed E-state index contributed by atoms with van der Waals surface area (Å²) in [4.78, 5) is 1.23. The van der Waals surface area contributed by atoms with E-state index in [0.29, 0.717) is 16.7 Å². The molecule has 1 N–H and O–H groups in total. The van der Waals surface area contributed by atoms with Crippen LogP contribution in [0.25, 0.3) is 0 Å². The summed E-state index contributed by atoms with van der Waals surface area (Å²) in [6.45, 7) is 4.84. The maximum absolute atomic E-state index is 12.6. The molecule has 0 aliphatic heterocycles. The molecule has 0 atom stereocenters. The smallest absolute Gasteiger partial charge is 0.383 e.